The number of hydrogen-bond acceptors (Lipinski definition) is 3. The van der Waals surface area contributed by atoms with Crippen LogP contribution in [0.5, 0.6) is 0 Å². The average molecular weight is 264 g/mol. The minimum atomic E-state index is -5.77. The number of hydrogen-bond donors (Lipinski definition) is 0. The Balaban J connectivity index is 3.90. The Morgan fingerprint density at radius 2 is 1.71 bits per heavy atom. The van der Waals surface area contributed by atoms with Crippen LogP contribution in [0.1, 0.15) is 20.3 Å². The van der Waals surface area contributed by atoms with Gasteiger partial charge in [0, 0.05) is 0 Å². The fraction of sp³-hybridized carbons (Fsp3) is 0.889. The molecule has 0 rings (SSSR count). The van der Waals surface area contributed by atoms with Crippen LogP contribution in [0.15, 0.2) is 0 Å². The van der Waals surface area contributed by atoms with E-state index in [1.165, 1.54) is 0 Å². The number of esters is 1. The molecular formula is C9H13F5O3. The van der Waals surface area contributed by atoms with Gasteiger partial charge < -0.3 is 9.47 Å². The molecule has 0 aromatic heterocycles. The van der Waals surface area contributed by atoms with Crippen molar-refractivity contribution in [3.05, 3.63) is 0 Å². The maximum Gasteiger partial charge on any atom is 0.482 e. The standard InChI is InChI=1S/C9H13F5O3/c1-3-6(2)7(15)16-4-5-17-9(13,14)8(10,11)12/h6H,3-5H2,1-2H3. The van der Waals surface area contributed by atoms with Crippen molar-refractivity contribution < 1.29 is 36.2 Å². The predicted molar refractivity (Wildman–Crippen MR) is 47.4 cm³/mol. The zero-order valence-electron chi connectivity index (χ0n) is 9.31. The normalized spacial score (nSPS) is 14.5. The lowest BCUT2D eigenvalue weighted by atomic mass is 10.1. The van der Waals surface area contributed by atoms with Gasteiger partial charge >= 0.3 is 18.3 Å². The van der Waals surface area contributed by atoms with Gasteiger partial charge in [0.05, 0.1) is 12.5 Å². The van der Waals surface area contributed by atoms with Crippen LogP contribution in [-0.4, -0.2) is 31.5 Å². The largest absolute Gasteiger partial charge is 0.482 e. The zero-order chi connectivity index (χ0) is 13.7. The summed E-state index contributed by atoms with van der Waals surface area (Å²) in [5, 5.41) is 0. The monoisotopic (exact) mass is 264 g/mol. The minimum absolute atomic E-state index is 0.432. The highest BCUT2D eigenvalue weighted by Gasteiger charge is 2.59. The minimum Gasteiger partial charge on any atom is -0.463 e. The molecule has 0 aliphatic heterocycles. The molecule has 0 aromatic carbocycles. The molecule has 0 aliphatic rings. The molecule has 1 atom stereocenters. The highest BCUT2D eigenvalue weighted by Crippen LogP contribution is 2.36. The van der Waals surface area contributed by atoms with Crippen molar-refractivity contribution in [1.29, 1.82) is 0 Å². The summed E-state index contributed by atoms with van der Waals surface area (Å²) in [4.78, 5) is 11.0. The number of ether oxygens (including phenoxy) is 2. The van der Waals surface area contributed by atoms with Crippen molar-refractivity contribution in [3.63, 3.8) is 0 Å². The summed E-state index contributed by atoms with van der Waals surface area (Å²) >= 11 is 0. The van der Waals surface area contributed by atoms with Gasteiger partial charge in [0.1, 0.15) is 6.61 Å². The number of carbonyl (C=O) groups is 1. The van der Waals surface area contributed by atoms with Crippen LogP contribution < -0.4 is 0 Å². The third kappa shape index (κ3) is 5.29. The molecule has 0 bridgehead atoms. The summed E-state index contributed by atoms with van der Waals surface area (Å²) in [6.07, 6.45) is -10.5. The van der Waals surface area contributed by atoms with Crippen LogP contribution in [-0.2, 0) is 14.3 Å². The molecule has 0 saturated carbocycles. The first-order valence-corrected chi connectivity index (χ1v) is 4.87. The number of halogens is 5. The summed E-state index contributed by atoms with van der Waals surface area (Å²) in [5.74, 6) is -1.09. The van der Waals surface area contributed by atoms with Crippen molar-refractivity contribution in [2.45, 2.75) is 32.6 Å². The summed E-state index contributed by atoms with van der Waals surface area (Å²) in [7, 11) is 0. The van der Waals surface area contributed by atoms with E-state index in [0.29, 0.717) is 6.42 Å². The summed E-state index contributed by atoms with van der Waals surface area (Å²) in [5.41, 5.74) is 0. The SMILES string of the molecule is CCC(C)C(=O)OCCOC(F)(F)C(F)(F)F. The molecule has 0 saturated heterocycles. The maximum absolute atomic E-state index is 12.2. The highest BCUT2D eigenvalue weighted by molar-refractivity contribution is 5.71. The zero-order valence-corrected chi connectivity index (χ0v) is 9.31. The summed E-state index contributed by atoms with van der Waals surface area (Å²) in [6.45, 7) is 1.59. The maximum atomic E-state index is 12.2. The van der Waals surface area contributed by atoms with Crippen LogP contribution >= 0.6 is 0 Å². The van der Waals surface area contributed by atoms with E-state index in [1.807, 2.05) is 0 Å². The van der Waals surface area contributed by atoms with Crippen molar-refractivity contribution in [1.82, 2.24) is 0 Å². The molecule has 0 aliphatic carbocycles. The lowest BCUT2D eigenvalue weighted by Gasteiger charge is -2.19. The number of carbonyl (C=O) groups excluding carboxylic acids is 1. The molecule has 17 heavy (non-hydrogen) atoms. The van der Waals surface area contributed by atoms with Gasteiger partial charge in [-0.05, 0) is 6.42 Å². The van der Waals surface area contributed by atoms with Gasteiger partial charge in [0.15, 0.2) is 0 Å². The third-order valence-corrected chi connectivity index (χ3v) is 1.96. The van der Waals surface area contributed by atoms with E-state index in [2.05, 4.69) is 9.47 Å². The van der Waals surface area contributed by atoms with E-state index >= 15 is 0 Å². The van der Waals surface area contributed by atoms with Crippen molar-refractivity contribution in [2.75, 3.05) is 13.2 Å². The smallest absolute Gasteiger partial charge is 0.463 e. The Hall–Kier alpha value is -0.920. The molecule has 0 aromatic rings. The lowest BCUT2D eigenvalue weighted by molar-refractivity contribution is -0.391. The fourth-order valence-corrected chi connectivity index (χ4v) is 0.703. The number of alkyl halides is 5. The first-order chi connectivity index (χ1) is 7.62. The van der Waals surface area contributed by atoms with E-state index < -0.39 is 37.4 Å². The molecule has 3 nitrogen and oxygen atoms in total. The molecule has 102 valence electrons. The van der Waals surface area contributed by atoms with Gasteiger partial charge in [-0.25, -0.2) is 0 Å². The van der Waals surface area contributed by atoms with Crippen LogP contribution in [0.25, 0.3) is 0 Å². The van der Waals surface area contributed by atoms with Gasteiger partial charge in [-0.2, -0.15) is 22.0 Å². The fourth-order valence-electron chi connectivity index (χ4n) is 0.703. The van der Waals surface area contributed by atoms with Crippen molar-refractivity contribution in [2.24, 2.45) is 5.92 Å². The third-order valence-electron chi connectivity index (χ3n) is 1.96. The van der Waals surface area contributed by atoms with E-state index in [9.17, 15) is 26.7 Å². The Morgan fingerprint density at radius 1 is 1.18 bits per heavy atom. The second kappa shape index (κ2) is 6.13. The van der Waals surface area contributed by atoms with Gasteiger partial charge in [-0.15, -0.1) is 0 Å². The predicted octanol–water partition coefficient (Wildman–Crippen LogP) is 2.75. The van der Waals surface area contributed by atoms with E-state index in [1.54, 1.807) is 13.8 Å². The van der Waals surface area contributed by atoms with Crippen LogP contribution in [0.2, 0.25) is 0 Å². The Bertz CT molecular complexity index is 252. The topological polar surface area (TPSA) is 35.5 Å². The lowest BCUT2D eigenvalue weighted by Crippen LogP contribution is -2.40. The molecule has 0 radical (unpaired) electrons. The molecule has 8 heteroatoms. The Labute approximate surface area is 94.9 Å². The molecule has 0 heterocycles. The first kappa shape index (κ1) is 16.1. The van der Waals surface area contributed by atoms with Gasteiger partial charge in [-0.3, -0.25) is 4.79 Å². The van der Waals surface area contributed by atoms with Gasteiger partial charge in [0.25, 0.3) is 0 Å². The van der Waals surface area contributed by atoms with Crippen molar-refractivity contribution in [3.8, 4) is 0 Å². The quantitative estimate of drug-likeness (QED) is 0.420. The van der Waals surface area contributed by atoms with E-state index in [4.69, 9.17) is 0 Å². The summed E-state index contributed by atoms with van der Waals surface area (Å²) < 4.78 is 67.0. The second-order valence-corrected chi connectivity index (χ2v) is 3.34. The highest BCUT2D eigenvalue weighted by atomic mass is 19.4. The Kier molecular flexibility index (Phi) is 5.80. The van der Waals surface area contributed by atoms with Gasteiger partial charge in [0.2, 0.25) is 0 Å². The van der Waals surface area contributed by atoms with Crippen LogP contribution in [0.4, 0.5) is 22.0 Å². The second-order valence-electron chi connectivity index (χ2n) is 3.34. The van der Waals surface area contributed by atoms with Crippen LogP contribution in [0, 0.1) is 5.92 Å². The first-order valence-electron chi connectivity index (χ1n) is 4.87. The molecular weight excluding hydrogens is 251 g/mol. The summed E-state index contributed by atoms with van der Waals surface area (Å²) in [6, 6.07) is 0. The molecule has 0 N–H and O–H groups in total. The number of rotatable bonds is 6. The molecule has 1 unspecified atom stereocenters. The van der Waals surface area contributed by atoms with E-state index in [0.717, 1.165) is 0 Å². The van der Waals surface area contributed by atoms with E-state index in [-0.39, 0.29) is 0 Å². The molecule has 0 spiro atoms. The Morgan fingerprint density at radius 3 is 2.12 bits per heavy atom. The van der Waals surface area contributed by atoms with Crippen LogP contribution in [0.3, 0.4) is 0 Å². The average Bonchev–Trinajstić information content (AvgIpc) is 2.21. The van der Waals surface area contributed by atoms with Crippen molar-refractivity contribution >= 4 is 5.97 Å². The molecule has 0 amide bonds. The van der Waals surface area contributed by atoms with Gasteiger partial charge in [-0.1, -0.05) is 13.8 Å². The molecule has 0 fully saturated rings.